The van der Waals surface area contributed by atoms with Gasteiger partial charge in [0.05, 0.1) is 18.0 Å². The first kappa shape index (κ1) is 15.5. The van der Waals surface area contributed by atoms with Crippen molar-refractivity contribution in [1.82, 2.24) is 25.1 Å². The zero-order valence-corrected chi connectivity index (χ0v) is 14.5. The first-order chi connectivity index (χ1) is 12.7. The van der Waals surface area contributed by atoms with E-state index in [2.05, 4.69) is 26.5 Å². The molecule has 0 aromatic carbocycles. The number of nitrogens with zero attached hydrogens (tertiary/aromatic N) is 5. The average molecular weight is 348 g/mol. The highest BCUT2D eigenvalue weighted by molar-refractivity contribution is 5.95. The minimum absolute atomic E-state index is 0.228. The molecule has 2 heterocycles. The molecule has 3 aliphatic rings. The first-order valence-corrected chi connectivity index (χ1v) is 9.33. The molecule has 26 heavy (non-hydrogen) atoms. The van der Waals surface area contributed by atoms with Crippen LogP contribution in [0.5, 0.6) is 0 Å². The number of carbonyl (C=O) groups excluding carboxylic acids is 1. The zero-order chi connectivity index (χ0) is 17.7. The van der Waals surface area contributed by atoms with Crippen LogP contribution in [0.25, 0.3) is 5.82 Å². The van der Waals surface area contributed by atoms with E-state index in [1.807, 2.05) is 0 Å². The summed E-state index contributed by atoms with van der Waals surface area (Å²) in [5.41, 5.74) is 1.84. The molecule has 2 saturated carbocycles. The minimum Gasteiger partial charge on any atom is -0.332 e. The Hall–Kier alpha value is -2.75. The molecule has 1 amide bonds. The zero-order valence-electron chi connectivity index (χ0n) is 14.5. The van der Waals surface area contributed by atoms with Crippen LogP contribution in [0.4, 0.5) is 0 Å². The minimum atomic E-state index is -0.750. The fraction of sp³-hybridized carbons (Fsp3) is 0.526. The van der Waals surface area contributed by atoms with E-state index < -0.39 is 5.54 Å². The Morgan fingerprint density at radius 1 is 1.31 bits per heavy atom. The number of nitrogens with one attached hydrogen (secondary N) is 1. The van der Waals surface area contributed by atoms with Gasteiger partial charge in [0.1, 0.15) is 5.54 Å². The standard InChI is InChI=1S/C19H20N6O/c20-11-19(4-2-1-3-5-19)23-18(26)16-14-9-12-8-13(12)17(14)25(24-16)15-10-21-6-7-22-15/h6-7,10,12-13H,1-5,8-9H2,(H,23,26)/t12-,13-/m1/s1. The summed E-state index contributed by atoms with van der Waals surface area (Å²) in [6.45, 7) is 0. The number of aromatic nitrogens is 4. The number of rotatable bonds is 3. The van der Waals surface area contributed by atoms with E-state index >= 15 is 0 Å². The van der Waals surface area contributed by atoms with E-state index in [1.165, 1.54) is 0 Å². The molecule has 7 heteroatoms. The van der Waals surface area contributed by atoms with Crippen LogP contribution in [0.1, 0.15) is 66.2 Å². The van der Waals surface area contributed by atoms with Gasteiger partial charge in [-0.3, -0.25) is 9.78 Å². The number of amides is 1. The number of fused-ring (bicyclic) bond motifs is 3. The summed E-state index contributed by atoms with van der Waals surface area (Å²) in [7, 11) is 0. The quantitative estimate of drug-likeness (QED) is 0.918. The second-order valence-electron chi connectivity index (χ2n) is 7.70. The third-order valence-electron chi connectivity index (χ3n) is 6.02. The van der Waals surface area contributed by atoms with Gasteiger partial charge in [0.25, 0.3) is 5.91 Å². The normalized spacial score (nSPS) is 25.0. The Morgan fingerprint density at radius 3 is 2.88 bits per heavy atom. The molecule has 0 bridgehead atoms. The summed E-state index contributed by atoms with van der Waals surface area (Å²) in [5, 5.41) is 17.3. The summed E-state index contributed by atoms with van der Waals surface area (Å²) in [4.78, 5) is 21.5. The lowest BCUT2D eigenvalue weighted by Gasteiger charge is -2.31. The molecule has 2 aromatic rings. The van der Waals surface area contributed by atoms with Gasteiger partial charge < -0.3 is 5.32 Å². The molecule has 5 rings (SSSR count). The molecule has 0 spiro atoms. The van der Waals surface area contributed by atoms with Crippen LogP contribution in [-0.2, 0) is 6.42 Å². The number of carbonyl (C=O) groups is 1. The summed E-state index contributed by atoms with van der Waals surface area (Å²) in [5.74, 6) is 1.51. The van der Waals surface area contributed by atoms with Crippen LogP contribution in [0.15, 0.2) is 18.6 Å². The molecule has 2 atom stereocenters. The lowest BCUT2D eigenvalue weighted by molar-refractivity contribution is 0.0896. The molecule has 0 unspecified atom stereocenters. The van der Waals surface area contributed by atoms with Crippen molar-refractivity contribution in [3.8, 4) is 11.9 Å². The molecule has 132 valence electrons. The molecule has 0 radical (unpaired) electrons. The molecular weight excluding hydrogens is 328 g/mol. The van der Waals surface area contributed by atoms with E-state index in [4.69, 9.17) is 0 Å². The van der Waals surface area contributed by atoms with E-state index in [1.54, 1.807) is 23.3 Å². The fourth-order valence-corrected chi connectivity index (χ4v) is 4.57. The molecule has 0 saturated heterocycles. The predicted octanol–water partition coefficient (Wildman–Crippen LogP) is 2.28. The maximum atomic E-state index is 13.0. The second-order valence-corrected chi connectivity index (χ2v) is 7.70. The van der Waals surface area contributed by atoms with Crippen molar-refractivity contribution < 1.29 is 4.79 Å². The van der Waals surface area contributed by atoms with Gasteiger partial charge in [-0.15, -0.1) is 0 Å². The lowest BCUT2D eigenvalue weighted by Crippen LogP contribution is -2.49. The van der Waals surface area contributed by atoms with Crippen molar-refractivity contribution in [1.29, 1.82) is 5.26 Å². The first-order valence-electron chi connectivity index (χ1n) is 9.33. The van der Waals surface area contributed by atoms with Crippen molar-refractivity contribution in [3.63, 3.8) is 0 Å². The highest BCUT2D eigenvalue weighted by Crippen LogP contribution is 2.57. The van der Waals surface area contributed by atoms with Gasteiger partial charge >= 0.3 is 0 Å². The maximum absolute atomic E-state index is 13.0. The van der Waals surface area contributed by atoms with E-state index in [9.17, 15) is 10.1 Å². The van der Waals surface area contributed by atoms with Crippen LogP contribution >= 0.6 is 0 Å². The summed E-state index contributed by atoms with van der Waals surface area (Å²) in [6.07, 6.45) is 11.5. The molecular formula is C19H20N6O. The summed E-state index contributed by atoms with van der Waals surface area (Å²) < 4.78 is 1.79. The van der Waals surface area contributed by atoms with Gasteiger partial charge in [0.2, 0.25) is 0 Å². The van der Waals surface area contributed by atoms with Gasteiger partial charge in [-0.25, -0.2) is 9.67 Å². The van der Waals surface area contributed by atoms with Gasteiger partial charge in [-0.2, -0.15) is 10.4 Å². The van der Waals surface area contributed by atoms with Gasteiger partial charge in [0, 0.05) is 23.9 Å². The van der Waals surface area contributed by atoms with Gasteiger partial charge in [-0.05, 0) is 31.6 Å². The second kappa shape index (κ2) is 5.63. The van der Waals surface area contributed by atoms with Gasteiger partial charge in [0.15, 0.2) is 11.5 Å². The number of hydrogen-bond donors (Lipinski definition) is 1. The van der Waals surface area contributed by atoms with Crippen molar-refractivity contribution in [2.45, 2.75) is 56.4 Å². The highest BCUT2D eigenvalue weighted by atomic mass is 16.2. The molecule has 2 fully saturated rings. The third kappa shape index (κ3) is 2.32. The Kier molecular flexibility index (Phi) is 3.36. The van der Waals surface area contributed by atoms with E-state index in [0.29, 0.717) is 36.2 Å². The predicted molar refractivity (Wildman–Crippen MR) is 92.6 cm³/mol. The largest absolute Gasteiger partial charge is 0.332 e. The molecule has 7 nitrogen and oxygen atoms in total. The molecule has 2 aromatic heterocycles. The van der Waals surface area contributed by atoms with Crippen molar-refractivity contribution in [3.05, 3.63) is 35.5 Å². The van der Waals surface area contributed by atoms with E-state index in [-0.39, 0.29) is 5.91 Å². The van der Waals surface area contributed by atoms with Crippen LogP contribution in [-0.4, -0.2) is 31.2 Å². The van der Waals surface area contributed by atoms with Crippen molar-refractivity contribution in [2.24, 2.45) is 5.92 Å². The molecule has 3 aliphatic carbocycles. The van der Waals surface area contributed by atoms with Crippen LogP contribution in [0.2, 0.25) is 0 Å². The number of hydrogen-bond acceptors (Lipinski definition) is 5. The highest BCUT2D eigenvalue weighted by Gasteiger charge is 2.50. The topological polar surface area (TPSA) is 96.5 Å². The number of nitriles is 1. The Morgan fingerprint density at radius 2 is 2.15 bits per heavy atom. The smallest absolute Gasteiger partial charge is 0.273 e. The van der Waals surface area contributed by atoms with Crippen molar-refractivity contribution >= 4 is 5.91 Å². The van der Waals surface area contributed by atoms with Gasteiger partial charge in [-0.1, -0.05) is 19.3 Å². The van der Waals surface area contributed by atoms with Crippen molar-refractivity contribution in [2.75, 3.05) is 0 Å². The Balaban J connectivity index is 1.51. The molecule has 0 aliphatic heterocycles. The van der Waals surface area contributed by atoms with Crippen LogP contribution in [0, 0.1) is 17.2 Å². The van der Waals surface area contributed by atoms with Crippen LogP contribution in [0.3, 0.4) is 0 Å². The molecule has 1 N–H and O–H groups in total. The summed E-state index contributed by atoms with van der Waals surface area (Å²) in [6, 6.07) is 2.35. The average Bonchev–Trinajstić information content (AvgIpc) is 3.18. The fourth-order valence-electron chi connectivity index (χ4n) is 4.57. The maximum Gasteiger partial charge on any atom is 0.273 e. The van der Waals surface area contributed by atoms with E-state index in [0.717, 1.165) is 43.4 Å². The Bertz CT molecular complexity index is 906. The monoisotopic (exact) mass is 348 g/mol. The summed E-state index contributed by atoms with van der Waals surface area (Å²) >= 11 is 0. The SMILES string of the molecule is N#CC1(NC(=O)c2nn(-c3cnccn3)c3c2C[C@H]2C[C@@H]32)CCCCC1. The Labute approximate surface area is 151 Å². The third-order valence-corrected chi connectivity index (χ3v) is 6.02. The van der Waals surface area contributed by atoms with Crippen LogP contribution < -0.4 is 5.32 Å². The lowest BCUT2D eigenvalue weighted by atomic mass is 9.82.